The summed E-state index contributed by atoms with van der Waals surface area (Å²) in [5.41, 5.74) is 1.38. The minimum Gasteiger partial charge on any atom is -0.465 e. The zero-order valence-corrected chi connectivity index (χ0v) is 19.3. The molecule has 0 radical (unpaired) electrons. The van der Waals surface area contributed by atoms with Gasteiger partial charge in [0, 0.05) is 19.6 Å². The molecule has 0 amide bonds. The van der Waals surface area contributed by atoms with Crippen LogP contribution in [0.3, 0.4) is 0 Å². The van der Waals surface area contributed by atoms with Crippen molar-refractivity contribution < 1.29 is 14.2 Å². The van der Waals surface area contributed by atoms with Gasteiger partial charge in [0.05, 0.1) is 6.10 Å². The number of hydrogen-bond donors (Lipinski definition) is 0. The zero-order chi connectivity index (χ0) is 20.9. The minimum absolute atomic E-state index is 0.133. The number of ether oxygens (including phenoxy) is 3. The summed E-state index contributed by atoms with van der Waals surface area (Å²) >= 11 is 0. The highest BCUT2D eigenvalue weighted by molar-refractivity contribution is 5.27. The molecule has 2 fully saturated rings. The first-order valence-electron chi connectivity index (χ1n) is 12.2. The van der Waals surface area contributed by atoms with Gasteiger partial charge in [-0.25, -0.2) is 0 Å². The Morgan fingerprint density at radius 1 is 0.931 bits per heavy atom. The van der Waals surface area contributed by atoms with Crippen molar-refractivity contribution in [1.29, 1.82) is 0 Å². The van der Waals surface area contributed by atoms with Gasteiger partial charge in [0.1, 0.15) is 5.75 Å². The lowest BCUT2D eigenvalue weighted by atomic mass is 9.86. The van der Waals surface area contributed by atoms with E-state index in [4.69, 9.17) is 14.2 Å². The van der Waals surface area contributed by atoms with E-state index in [9.17, 15) is 0 Å². The molecule has 1 atom stereocenters. The van der Waals surface area contributed by atoms with Crippen LogP contribution in [0.25, 0.3) is 0 Å². The molecular formula is C26H44O3. The fourth-order valence-corrected chi connectivity index (χ4v) is 4.36. The Kier molecular flexibility index (Phi) is 11.7. The largest absolute Gasteiger partial charge is 0.465 e. The van der Waals surface area contributed by atoms with Crippen LogP contribution in [-0.4, -0.2) is 25.6 Å². The van der Waals surface area contributed by atoms with Gasteiger partial charge >= 0.3 is 0 Å². The van der Waals surface area contributed by atoms with E-state index in [-0.39, 0.29) is 12.4 Å². The van der Waals surface area contributed by atoms with E-state index in [2.05, 4.69) is 38.1 Å². The predicted molar refractivity (Wildman–Crippen MR) is 121 cm³/mol. The third-order valence-corrected chi connectivity index (χ3v) is 5.88. The minimum atomic E-state index is -0.133. The first kappa shape index (κ1) is 24.2. The van der Waals surface area contributed by atoms with Gasteiger partial charge < -0.3 is 14.2 Å². The fraction of sp³-hybridized carbons (Fsp3) is 0.769. The second-order valence-electron chi connectivity index (χ2n) is 8.82. The normalized spacial score (nSPS) is 19.5. The van der Waals surface area contributed by atoms with Crippen LogP contribution in [0.15, 0.2) is 24.3 Å². The van der Waals surface area contributed by atoms with Crippen molar-refractivity contribution in [2.75, 3.05) is 13.2 Å². The van der Waals surface area contributed by atoms with E-state index in [0.717, 1.165) is 50.6 Å². The topological polar surface area (TPSA) is 27.7 Å². The Morgan fingerprint density at radius 3 is 2.21 bits per heavy atom. The van der Waals surface area contributed by atoms with Crippen LogP contribution in [0.1, 0.15) is 91.0 Å². The molecule has 29 heavy (non-hydrogen) atoms. The first-order valence-corrected chi connectivity index (χ1v) is 12.2. The van der Waals surface area contributed by atoms with E-state index >= 15 is 0 Å². The Hall–Kier alpha value is -1.06. The van der Waals surface area contributed by atoms with Gasteiger partial charge in [-0.05, 0) is 55.2 Å². The van der Waals surface area contributed by atoms with Gasteiger partial charge in [-0.2, -0.15) is 0 Å². The highest BCUT2D eigenvalue weighted by Gasteiger charge is 2.23. The van der Waals surface area contributed by atoms with Crippen molar-refractivity contribution in [1.82, 2.24) is 0 Å². The summed E-state index contributed by atoms with van der Waals surface area (Å²) < 4.78 is 18.2. The zero-order valence-electron chi connectivity index (χ0n) is 19.3. The molecule has 1 saturated carbocycles. The molecule has 1 unspecified atom stereocenters. The van der Waals surface area contributed by atoms with Gasteiger partial charge in [-0.15, -0.1) is 0 Å². The molecule has 2 aliphatic rings. The lowest BCUT2D eigenvalue weighted by Crippen LogP contribution is -2.32. The standard InChI is InChI=1S/C24H38O3.C2H6/c1-19(2)18-21-8-11-22(12-9-21)26-24(27-23-14-16-25-17-15-23)13-10-20-6-4-3-5-7-20;1-2/h8-9,11-12,19-20,23-24H,3-7,10,13-18H2,1-2H3;1-2H3. The maximum atomic E-state index is 6.38. The van der Waals surface area contributed by atoms with E-state index < -0.39 is 0 Å². The monoisotopic (exact) mass is 404 g/mol. The molecule has 1 aliphatic carbocycles. The second-order valence-corrected chi connectivity index (χ2v) is 8.82. The quantitative estimate of drug-likeness (QED) is 0.408. The summed E-state index contributed by atoms with van der Waals surface area (Å²) in [5, 5.41) is 0. The van der Waals surface area contributed by atoms with Crippen molar-refractivity contribution >= 4 is 0 Å². The molecule has 1 aliphatic heterocycles. The summed E-state index contributed by atoms with van der Waals surface area (Å²) in [5.74, 6) is 2.47. The highest BCUT2D eigenvalue weighted by atomic mass is 16.7. The number of benzene rings is 1. The van der Waals surface area contributed by atoms with Crippen LogP contribution in [0.5, 0.6) is 5.75 Å². The maximum Gasteiger partial charge on any atom is 0.200 e. The van der Waals surface area contributed by atoms with Crippen molar-refractivity contribution in [3.8, 4) is 5.75 Å². The predicted octanol–water partition coefficient (Wildman–Crippen LogP) is 7.17. The molecule has 0 spiro atoms. The molecule has 166 valence electrons. The van der Waals surface area contributed by atoms with Crippen LogP contribution in [0.4, 0.5) is 0 Å². The molecular weight excluding hydrogens is 360 g/mol. The van der Waals surface area contributed by atoms with E-state index in [1.54, 1.807) is 0 Å². The summed E-state index contributed by atoms with van der Waals surface area (Å²) in [4.78, 5) is 0. The molecule has 3 heteroatoms. The Balaban J connectivity index is 0.00000145. The Bertz CT molecular complexity index is 513. The molecule has 1 heterocycles. The van der Waals surface area contributed by atoms with Gasteiger partial charge in [0.2, 0.25) is 0 Å². The summed E-state index contributed by atoms with van der Waals surface area (Å²) in [6, 6.07) is 8.61. The van der Waals surface area contributed by atoms with Gasteiger partial charge in [-0.3, -0.25) is 0 Å². The van der Waals surface area contributed by atoms with Gasteiger partial charge in [0.15, 0.2) is 6.29 Å². The molecule has 0 aromatic heterocycles. The first-order chi connectivity index (χ1) is 14.2. The summed E-state index contributed by atoms with van der Waals surface area (Å²) in [7, 11) is 0. The number of hydrogen-bond acceptors (Lipinski definition) is 3. The Morgan fingerprint density at radius 2 is 1.59 bits per heavy atom. The van der Waals surface area contributed by atoms with Crippen LogP contribution in [-0.2, 0) is 15.9 Å². The molecule has 0 bridgehead atoms. The molecule has 1 aromatic rings. The van der Waals surface area contributed by atoms with Crippen molar-refractivity contribution in [3.63, 3.8) is 0 Å². The third kappa shape index (κ3) is 9.53. The van der Waals surface area contributed by atoms with Crippen LogP contribution in [0.2, 0.25) is 0 Å². The van der Waals surface area contributed by atoms with Crippen LogP contribution >= 0.6 is 0 Å². The summed E-state index contributed by atoms with van der Waals surface area (Å²) in [6.07, 6.45) is 12.4. The highest BCUT2D eigenvalue weighted by Crippen LogP contribution is 2.29. The lowest BCUT2D eigenvalue weighted by molar-refractivity contribution is -0.147. The molecule has 1 aromatic carbocycles. The molecule has 3 rings (SSSR count). The van der Waals surface area contributed by atoms with Crippen LogP contribution < -0.4 is 4.74 Å². The molecule has 0 N–H and O–H groups in total. The Labute approximate surface area is 179 Å². The lowest BCUT2D eigenvalue weighted by Gasteiger charge is -2.29. The fourth-order valence-electron chi connectivity index (χ4n) is 4.36. The van der Waals surface area contributed by atoms with Gasteiger partial charge in [-0.1, -0.05) is 71.9 Å². The van der Waals surface area contributed by atoms with E-state index in [0.29, 0.717) is 5.92 Å². The smallest absolute Gasteiger partial charge is 0.200 e. The van der Waals surface area contributed by atoms with Crippen LogP contribution in [0, 0.1) is 11.8 Å². The average Bonchev–Trinajstić information content (AvgIpc) is 2.76. The SMILES string of the molecule is CC.CC(C)Cc1ccc(OC(CCC2CCCCC2)OC2CCOCC2)cc1. The maximum absolute atomic E-state index is 6.38. The molecule has 3 nitrogen and oxygen atoms in total. The second kappa shape index (κ2) is 14.0. The third-order valence-electron chi connectivity index (χ3n) is 5.88. The van der Waals surface area contributed by atoms with Crippen molar-refractivity contribution in [3.05, 3.63) is 29.8 Å². The van der Waals surface area contributed by atoms with E-state index in [1.807, 2.05) is 13.8 Å². The molecule has 1 saturated heterocycles. The van der Waals surface area contributed by atoms with Crippen molar-refractivity contribution in [2.24, 2.45) is 11.8 Å². The summed E-state index contributed by atoms with van der Waals surface area (Å²) in [6.45, 7) is 10.1. The van der Waals surface area contributed by atoms with E-state index in [1.165, 1.54) is 44.1 Å². The average molecular weight is 405 g/mol. The van der Waals surface area contributed by atoms with Gasteiger partial charge in [0.25, 0.3) is 0 Å². The number of rotatable bonds is 9. The van der Waals surface area contributed by atoms with Crippen molar-refractivity contribution in [2.45, 2.75) is 104 Å².